The van der Waals surface area contributed by atoms with Gasteiger partial charge in [0.1, 0.15) is 0 Å². The van der Waals surface area contributed by atoms with Gasteiger partial charge >= 0.3 is 0 Å². The minimum absolute atomic E-state index is 0.0313. The molecule has 1 aromatic heterocycles. The third-order valence-corrected chi connectivity index (χ3v) is 3.48. The number of rotatable bonds is 2. The highest BCUT2D eigenvalue weighted by Crippen LogP contribution is 2.29. The summed E-state index contributed by atoms with van der Waals surface area (Å²) in [5.41, 5.74) is 4.48. The highest BCUT2D eigenvalue weighted by Gasteiger charge is 2.23. The maximum atomic E-state index is 9.43. The lowest BCUT2D eigenvalue weighted by Crippen LogP contribution is -2.31. The molecule has 92 valence electrons. The topological polar surface area (TPSA) is 45.2 Å². The molecule has 0 bridgehead atoms. The molecule has 1 aliphatic heterocycles. The van der Waals surface area contributed by atoms with Crippen LogP contribution in [0.2, 0.25) is 0 Å². The number of aliphatic hydroxyl groups excluding tert-OH is 1. The number of nitrogens with one attached hydrogen (secondary N) is 1. The smallest absolute Gasteiger partial charge is 0.0757 e. The van der Waals surface area contributed by atoms with E-state index in [0.717, 1.165) is 24.2 Å². The Morgan fingerprint density at radius 2 is 2.11 bits per heavy atom. The zero-order valence-corrected chi connectivity index (χ0v) is 10.1. The minimum atomic E-state index is 0.0313. The molecule has 1 unspecified atom stereocenters. The molecular formula is C15H16N2O. The summed E-state index contributed by atoms with van der Waals surface area (Å²) in [5, 5.41) is 12.9. The van der Waals surface area contributed by atoms with Crippen molar-refractivity contribution in [3.63, 3.8) is 0 Å². The highest BCUT2D eigenvalue weighted by molar-refractivity contribution is 5.39. The van der Waals surface area contributed by atoms with Crippen LogP contribution in [0.3, 0.4) is 0 Å². The van der Waals surface area contributed by atoms with Gasteiger partial charge < -0.3 is 10.4 Å². The molecule has 0 aliphatic carbocycles. The second-order valence-electron chi connectivity index (χ2n) is 4.54. The summed E-state index contributed by atoms with van der Waals surface area (Å²) in [6, 6.07) is 12.3. The predicted octanol–water partition coefficient (Wildman–Crippen LogP) is 1.81. The second-order valence-corrected chi connectivity index (χ2v) is 4.54. The van der Waals surface area contributed by atoms with Gasteiger partial charge in [0.15, 0.2) is 0 Å². The maximum Gasteiger partial charge on any atom is 0.0757 e. The summed E-state index contributed by atoms with van der Waals surface area (Å²) < 4.78 is 0. The Balaban J connectivity index is 2.08. The summed E-state index contributed by atoms with van der Waals surface area (Å²) in [6.45, 7) is 0.979. The first kappa shape index (κ1) is 11.4. The molecule has 3 nitrogen and oxygen atoms in total. The van der Waals surface area contributed by atoms with Crippen molar-refractivity contribution < 1.29 is 5.11 Å². The third kappa shape index (κ3) is 1.92. The lowest BCUT2D eigenvalue weighted by Gasteiger charge is -2.27. The number of benzene rings is 1. The molecule has 1 aliphatic rings. The van der Waals surface area contributed by atoms with Crippen molar-refractivity contribution in [3.8, 4) is 0 Å². The molecule has 2 heterocycles. The van der Waals surface area contributed by atoms with Crippen LogP contribution in [0.25, 0.3) is 0 Å². The normalized spacial score (nSPS) is 18.4. The lowest BCUT2D eigenvalue weighted by atomic mass is 9.91. The van der Waals surface area contributed by atoms with Crippen LogP contribution >= 0.6 is 0 Å². The molecular weight excluding hydrogens is 224 g/mol. The number of fused-ring (bicyclic) bond motifs is 1. The lowest BCUT2D eigenvalue weighted by molar-refractivity contribution is 0.278. The summed E-state index contributed by atoms with van der Waals surface area (Å²) in [6.07, 6.45) is 2.83. The quantitative estimate of drug-likeness (QED) is 0.841. The van der Waals surface area contributed by atoms with E-state index in [0.29, 0.717) is 0 Å². The van der Waals surface area contributed by atoms with Gasteiger partial charge in [-0.15, -0.1) is 0 Å². The van der Waals surface area contributed by atoms with Crippen LogP contribution in [0.5, 0.6) is 0 Å². The van der Waals surface area contributed by atoms with Crippen molar-refractivity contribution in [3.05, 3.63) is 65.0 Å². The molecule has 3 rings (SSSR count). The summed E-state index contributed by atoms with van der Waals surface area (Å²) in [4.78, 5) is 4.45. The number of hydrogen-bond acceptors (Lipinski definition) is 3. The van der Waals surface area contributed by atoms with E-state index in [2.05, 4.69) is 34.6 Å². The standard InChI is InChI=1S/C15H16N2O/c18-10-12-5-3-8-16-14(12)15-13-6-2-1-4-11(13)7-9-17-15/h1-6,8,15,17-18H,7,9-10H2. The van der Waals surface area contributed by atoms with Gasteiger partial charge in [0, 0.05) is 18.3 Å². The number of aromatic nitrogens is 1. The molecule has 3 heteroatoms. The predicted molar refractivity (Wildman–Crippen MR) is 70.2 cm³/mol. The molecule has 0 radical (unpaired) electrons. The molecule has 2 aromatic rings. The summed E-state index contributed by atoms with van der Waals surface area (Å²) >= 11 is 0. The zero-order chi connectivity index (χ0) is 12.4. The van der Waals surface area contributed by atoms with Gasteiger partial charge in [-0.3, -0.25) is 4.98 Å². The van der Waals surface area contributed by atoms with Crippen molar-refractivity contribution in [1.82, 2.24) is 10.3 Å². The fourth-order valence-corrected chi connectivity index (χ4v) is 2.59. The van der Waals surface area contributed by atoms with E-state index >= 15 is 0 Å². The minimum Gasteiger partial charge on any atom is -0.392 e. The van der Waals surface area contributed by atoms with Crippen LogP contribution in [0.15, 0.2) is 42.6 Å². The zero-order valence-electron chi connectivity index (χ0n) is 10.1. The Bertz CT molecular complexity index is 554. The van der Waals surface area contributed by atoms with Crippen LogP contribution < -0.4 is 5.32 Å². The Morgan fingerprint density at radius 1 is 1.22 bits per heavy atom. The number of aliphatic hydroxyl groups is 1. The van der Waals surface area contributed by atoms with Crippen molar-refractivity contribution >= 4 is 0 Å². The fraction of sp³-hybridized carbons (Fsp3) is 0.267. The average molecular weight is 240 g/mol. The van der Waals surface area contributed by atoms with Gasteiger partial charge in [-0.1, -0.05) is 30.3 Å². The van der Waals surface area contributed by atoms with Gasteiger partial charge in [-0.25, -0.2) is 0 Å². The van der Waals surface area contributed by atoms with Gasteiger partial charge in [0.25, 0.3) is 0 Å². The van der Waals surface area contributed by atoms with Crippen LogP contribution in [-0.4, -0.2) is 16.6 Å². The van der Waals surface area contributed by atoms with E-state index in [1.807, 2.05) is 12.1 Å². The van der Waals surface area contributed by atoms with E-state index in [1.54, 1.807) is 6.20 Å². The van der Waals surface area contributed by atoms with Crippen LogP contribution in [0.4, 0.5) is 0 Å². The van der Waals surface area contributed by atoms with E-state index in [9.17, 15) is 5.11 Å². The molecule has 0 amide bonds. The van der Waals surface area contributed by atoms with E-state index < -0.39 is 0 Å². The molecule has 0 saturated heterocycles. The number of nitrogens with zero attached hydrogens (tertiary/aromatic N) is 1. The molecule has 0 saturated carbocycles. The second kappa shape index (κ2) is 4.88. The van der Waals surface area contributed by atoms with Crippen molar-refractivity contribution in [1.29, 1.82) is 0 Å². The van der Waals surface area contributed by atoms with Gasteiger partial charge in [0.05, 0.1) is 18.3 Å². The van der Waals surface area contributed by atoms with Gasteiger partial charge in [0.2, 0.25) is 0 Å². The number of hydrogen-bond donors (Lipinski definition) is 2. The summed E-state index contributed by atoms with van der Waals surface area (Å²) in [5.74, 6) is 0. The first-order chi connectivity index (χ1) is 8.90. The molecule has 0 spiro atoms. The van der Waals surface area contributed by atoms with Crippen molar-refractivity contribution in [2.45, 2.75) is 19.1 Å². The molecule has 1 aromatic carbocycles. The largest absolute Gasteiger partial charge is 0.392 e. The summed E-state index contributed by atoms with van der Waals surface area (Å²) in [7, 11) is 0. The molecule has 18 heavy (non-hydrogen) atoms. The first-order valence-corrected chi connectivity index (χ1v) is 6.26. The van der Waals surface area contributed by atoms with Gasteiger partial charge in [-0.2, -0.15) is 0 Å². The Hall–Kier alpha value is -1.71. The van der Waals surface area contributed by atoms with E-state index in [4.69, 9.17) is 0 Å². The molecule has 2 N–H and O–H groups in total. The Labute approximate surface area is 107 Å². The SMILES string of the molecule is OCc1cccnc1C1NCCc2ccccc21. The van der Waals surface area contributed by atoms with E-state index in [-0.39, 0.29) is 12.6 Å². The van der Waals surface area contributed by atoms with Crippen LogP contribution in [0, 0.1) is 0 Å². The maximum absolute atomic E-state index is 9.43. The Morgan fingerprint density at radius 3 is 3.00 bits per heavy atom. The highest BCUT2D eigenvalue weighted by atomic mass is 16.3. The van der Waals surface area contributed by atoms with Crippen LogP contribution in [-0.2, 0) is 13.0 Å². The van der Waals surface area contributed by atoms with Crippen molar-refractivity contribution in [2.75, 3.05) is 6.54 Å². The van der Waals surface area contributed by atoms with Crippen molar-refractivity contribution in [2.24, 2.45) is 0 Å². The molecule has 0 fully saturated rings. The first-order valence-electron chi connectivity index (χ1n) is 6.26. The average Bonchev–Trinajstić information content (AvgIpc) is 2.46. The number of pyridine rings is 1. The van der Waals surface area contributed by atoms with Gasteiger partial charge in [-0.05, 0) is 23.6 Å². The fourth-order valence-electron chi connectivity index (χ4n) is 2.59. The van der Waals surface area contributed by atoms with Crippen LogP contribution in [0.1, 0.15) is 28.4 Å². The van der Waals surface area contributed by atoms with E-state index in [1.165, 1.54) is 11.1 Å². The Kier molecular flexibility index (Phi) is 3.09. The monoisotopic (exact) mass is 240 g/mol. The molecule has 1 atom stereocenters. The third-order valence-electron chi connectivity index (χ3n) is 3.48.